The third kappa shape index (κ3) is 4.24. The van der Waals surface area contributed by atoms with Crippen molar-refractivity contribution < 1.29 is 14.3 Å². The Morgan fingerprint density at radius 1 is 1.21 bits per heavy atom. The number of H-pyrrole nitrogens is 1. The number of aromatic nitrogens is 3. The number of hydrogen-bond acceptors (Lipinski definition) is 5. The van der Waals surface area contributed by atoms with Gasteiger partial charge in [0.2, 0.25) is 0 Å². The van der Waals surface area contributed by atoms with E-state index in [0.29, 0.717) is 15.6 Å². The number of imidazole rings is 1. The van der Waals surface area contributed by atoms with Crippen molar-refractivity contribution >= 4 is 53.1 Å². The lowest BCUT2D eigenvalue weighted by Crippen LogP contribution is -2.18. The van der Waals surface area contributed by atoms with E-state index >= 15 is 0 Å². The highest BCUT2D eigenvalue weighted by Crippen LogP contribution is 2.25. The Morgan fingerprint density at radius 3 is 2.57 bits per heavy atom. The van der Waals surface area contributed by atoms with Crippen molar-refractivity contribution in [3.05, 3.63) is 74.4 Å². The number of hydrogen-bond donors (Lipinski definition) is 2. The number of pyridine rings is 1. The molecule has 7 nitrogen and oxygen atoms in total. The zero-order valence-corrected chi connectivity index (χ0v) is 16.9. The van der Waals surface area contributed by atoms with Crippen LogP contribution in [0.4, 0.5) is 5.82 Å². The first-order valence-corrected chi connectivity index (χ1v) is 9.13. The number of ether oxygens (including phenoxy) is 1. The van der Waals surface area contributed by atoms with Crippen molar-refractivity contribution in [1.82, 2.24) is 14.5 Å². The summed E-state index contributed by atoms with van der Waals surface area (Å²) in [4.78, 5) is 31.5. The third-order valence-electron chi connectivity index (χ3n) is 3.87. The molecule has 2 heterocycles. The molecular formula is C18H14Cl2N4O3S. The van der Waals surface area contributed by atoms with Crippen LogP contribution >= 0.6 is 35.4 Å². The number of methoxy groups -OCH3 is 1. The number of amides is 1. The fourth-order valence-electron chi connectivity index (χ4n) is 2.53. The average Bonchev–Trinajstić information content (AvgIpc) is 2.99. The monoisotopic (exact) mass is 436 g/mol. The van der Waals surface area contributed by atoms with Crippen molar-refractivity contribution in [2.45, 2.75) is 6.54 Å². The lowest BCUT2D eigenvalue weighted by atomic mass is 10.2. The molecule has 2 aromatic heterocycles. The van der Waals surface area contributed by atoms with Crippen molar-refractivity contribution in [3.8, 4) is 0 Å². The number of anilines is 1. The first-order valence-electron chi connectivity index (χ1n) is 7.97. The van der Waals surface area contributed by atoms with Gasteiger partial charge in [-0.3, -0.25) is 9.78 Å². The zero-order chi connectivity index (χ0) is 20.3. The van der Waals surface area contributed by atoms with Crippen LogP contribution < -0.4 is 5.32 Å². The SMILES string of the molecule is COC(=O)c1c(NC(=O)c2ccncc2)[nH]c(=S)n1Cc1ccc(Cl)c(Cl)c1. The van der Waals surface area contributed by atoms with Gasteiger partial charge >= 0.3 is 5.97 Å². The Kier molecular flexibility index (Phi) is 6.13. The summed E-state index contributed by atoms with van der Waals surface area (Å²) < 4.78 is 6.61. The van der Waals surface area contributed by atoms with Gasteiger partial charge < -0.3 is 19.6 Å². The van der Waals surface area contributed by atoms with Crippen LogP contribution in [-0.4, -0.2) is 33.5 Å². The average molecular weight is 437 g/mol. The zero-order valence-electron chi connectivity index (χ0n) is 14.5. The highest BCUT2D eigenvalue weighted by molar-refractivity contribution is 7.71. The van der Waals surface area contributed by atoms with Crippen molar-refractivity contribution in [3.63, 3.8) is 0 Å². The van der Waals surface area contributed by atoms with E-state index in [-0.39, 0.29) is 22.8 Å². The van der Waals surface area contributed by atoms with Gasteiger partial charge in [0.15, 0.2) is 10.5 Å². The van der Waals surface area contributed by atoms with Gasteiger partial charge in [-0.05, 0) is 42.0 Å². The summed E-state index contributed by atoms with van der Waals surface area (Å²) in [5.41, 5.74) is 1.23. The molecule has 28 heavy (non-hydrogen) atoms. The molecule has 0 saturated carbocycles. The topological polar surface area (TPSA) is 89.0 Å². The minimum absolute atomic E-state index is 0.0842. The Labute approximate surface area is 175 Å². The standard InChI is InChI=1S/C18H14Cl2N4O3S/c1-27-17(26)14-15(22-16(25)11-4-6-21-7-5-11)23-18(28)24(14)9-10-2-3-12(19)13(20)8-10/h2-8H,9H2,1H3,(H,22,25)(H,23,28). The summed E-state index contributed by atoms with van der Waals surface area (Å²) in [5.74, 6) is -0.943. The fraction of sp³-hybridized carbons (Fsp3) is 0.111. The molecule has 0 bridgehead atoms. The molecule has 0 saturated heterocycles. The molecule has 0 radical (unpaired) electrons. The van der Waals surface area contributed by atoms with E-state index < -0.39 is 11.9 Å². The minimum atomic E-state index is -0.655. The molecule has 0 fully saturated rings. The molecule has 0 spiro atoms. The highest BCUT2D eigenvalue weighted by atomic mass is 35.5. The Morgan fingerprint density at radius 2 is 1.93 bits per heavy atom. The predicted octanol–water partition coefficient (Wildman–Crippen LogP) is 4.33. The number of nitrogens with one attached hydrogen (secondary N) is 2. The summed E-state index contributed by atoms with van der Waals surface area (Å²) in [6, 6.07) is 8.19. The molecule has 0 atom stereocenters. The van der Waals surface area contributed by atoms with Gasteiger partial charge in [0.05, 0.1) is 23.7 Å². The molecule has 2 N–H and O–H groups in total. The molecule has 0 aliphatic rings. The number of benzene rings is 1. The molecule has 3 rings (SSSR count). The maximum atomic E-state index is 12.5. The van der Waals surface area contributed by atoms with Crippen LogP contribution in [0.15, 0.2) is 42.7 Å². The van der Waals surface area contributed by atoms with Crippen LogP contribution in [0.25, 0.3) is 0 Å². The van der Waals surface area contributed by atoms with Crippen LogP contribution in [0.5, 0.6) is 0 Å². The molecule has 0 unspecified atom stereocenters. The summed E-state index contributed by atoms with van der Waals surface area (Å²) in [6.45, 7) is 0.224. The Bertz CT molecular complexity index is 1100. The number of esters is 1. The third-order valence-corrected chi connectivity index (χ3v) is 4.93. The minimum Gasteiger partial charge on any atom is -0.464 e. The van der Waals surface area contributed by atoms with Crippen LogP contribution in [0.2, 0.25) is 10.0 Å². The number of nitrogens with zero attached hydrogens (tertiary/aromatic N) is 2. The number of aromatic amines is 1. The molecule has 3 aromatic rings. The van der Waals surface area contributed by atoms with Gasteiger partial charge in [-0.1, -0.05) is 29.3 Å². The number of carbonyl (C=O) groups excluding carboxylic acids is 2. The molecule has 1 amide bonds. The molecule has 0 aliphatic heterocycles. The summed E-state index contributed by atoms with van der Waals surface area (Å²) >= 11 is 17.3. The fourth-order valence-corrected chi connectivity index (χ4v) is 3.11. The first kappa shape index (κ1) is 20.1. The molecule has 1 aromatic carbocycles. The Balaban J connectivity index is 1.99. The van der Waals surface area contributed by atoms with Crippen LogP contribution in [0.3, 0.4) is 0 Å². The number of halogens is 2. The highest BCUT2D eigenvalue weighted by Gasteiger charge is 2.22. The van der Waals surface area contributed by atoms with Gasteiger partial charge in [-0.15, -0.1) is 0 Å². The number of carbonyl (C=O) groups is 2. The Hall–Kier alpha value is -2.68. The second-order valence-electron chi connectivity index (χ2n) is 5.67. The van der Waals surface area contributed by atoms with E-state index in [1.807, 2.05) is 0 Å². The summed E-state index contributed by atoms with van der Waals surface area (Å²) in [6.07, 6.45) is 2.99. The van der Waals surface area contributed by atoms with Gasteiger partial charge in [0, 0.05) is 18.0 Å². The van der Waals surface area contributed by atoms with Gasteiger partial charge in [-0.25, -0.2) is 4.79 Å². The van der Waals surface area contributed by atoms with Gasteiger partial charge in [0.25, 0.3) is 5.91 Å². The lowest BCUT2D eigenvalue weighted by Gasteiger charge is -2.10. The second kappa shape index (κ2) is 8.55. The van der Waals surface area contributed by atoms with E-state index in [9.17, 15) is 9.59 Å². The molecule has 144 valence electrons. The van der Waals surface area contributed by atoms with Crippen LogP contribution in [0, 0.1) is 4.77 Å². The van der Waals surface area contributed by atoms with Gasteiger partial charge in [0.1, 0.15) is 5.82 Å². The van der Waals surface area contributed by atoms with E-state index in [1.54, 1.807) is 30.3 Å². The second-order valence-corrected chi connectivity index (χ2v) is 6.87. The van der Waals surface area contributed by atoms with Crippen molar-refractivity contribution in [1.29, 1.82) is 0 Å². The van der Waals surface area contributed by atoms with Gasteiger partial charge in [-0.2, -0.15) is 0 Å². The van der Waals surface area contributed by atoms with Crippen molar-refractivity contribution in [2.75, 3.05) is 12.4 Å². The molecular weight excluding hydrogens is 423 g/mol. The molecule has 0 aliphatic carbocycles. The summed E-state index contributed by atoms with van der Waals surface area (Å²) in [7, 11) is 1.25. The maximum absolute atomic E-state index is 12.5. The quantitative estimate of drug-likeness (QED) is 0.458. The largest absolute Gasteiger partial charge is 0.464 e. The van der Waals surface area contributed by atoms with E-state index in [2.05, 4.69) is 15.3 Å². The predicted molar refractivity (Wildman–Crippen MR) is 109 cm³/mol. The van der Waals surface area contributed by atoms with E-state index in [4.69, 9.17) is 40.2 Å². The van der Waals surface area contributed by atoms with Crippen LogP contribution in [-0.2, 0) is 11.3 Å². The first-order chi connectivity index (χ1) is 13.4. The maximum Gasteiger partial charge on any atom is 0.358 e. The number of rotatable bonds is 5. The normalized spacial score (nSPS) is 10.5. The van der Waals surface area contributed by atoms with Crippen LogP contribution in [0.1, 0.15) is 26.4 Å². The smallest absolute Gasteiger partial charge is 0.358 e. The van der Waals surface area contributed by atoms with E-state index in [0.717, 1.165) is 5.56 Å². The summed E-state index contributed by atoms with van der Waals surface area (Å²) in [5, 5.41) is 3.45. The lowest BCUT2D eigenvalue weighted by molar-refractivity contribution is 0.0590. The van der Waals surface area contributed by atoms with E-state index in [1.165, 1.54) is 24.1 Å². The van der Waals surface area contributed by atoms with Crippen molar-refractivity contribution in [2.24, 2.45) is 0 Å². The molecule has 10 heteroatoms.